The average Bonchev–Trinajstić information content (AvgIpc) is 3.52. The molecule has 0 spiro atoms. The molecule has 3 aromatic rings. The van der Waals surface area contributed by atoms with Crippen LogP contribution in [0.25, 0.3) is 15.9 Å². The van der Waals surface area contributed by atoms with Crippen LogP contribution in [-0.4, -0.2) is 8.75 Å². The smallest absolute Gasteiger partial charge is 0.113 e. The molecule has 5 rings (SSSR count). The minimum Gasteiger partial charge on any atom is -0.173 e. The third kappa shape index (κ3) is 3.56. The van der Waals surface area contributed by atoms with Crippen molar-refractivity contribution in [2.75, 3.05) is 0 Å². The number of aromatic nitrogens is 2. The molecule has 2 unspecified atom stereocenters. The summed E-state index contributed by atoms with van der Waals surface area (Å²) in [7, 11) is 0. The summed E-state index contributed by atoms with van der Waals surface area (Å²) in [6.45, 7) is 18.9. The largest absolute Gasteiger partial charge is 0.173 e. The zero-order valence-electron chi connectivity index (χ0n) is 21.2. The van der Waals surface area contributed by atoms with E-state index < -0.39 is 0 Å². The molecule has 176 valence electrons. The van der Waals surface area contributed by atoms with Gasteiger partial charge in [-0.3, -0.25) is 0 Å². The molecule has 2 nitrogen and oxygen atoms in total. The molecule has 0 N–H and O–H groups in total. The van der Waals surface area contributed by atoms with Gasteiger partial charge in [-0.2, -0.15) is 8.75 Å². The number of allylic oxidation sites excluding steroid dienone is 1. The molecule has 0 saturated carbocycles. The zero-order chi connectivity index (χ0) is 23.8. The molecule has 1 aromatic carbocycles. The third-order valence-corrected chi connectivity index (χ3v) is 11.9. The zero-order valence-corrected chi connectivity index (χ0v) is 23.7. The summed E-state index contributed by atoms with van der Waals surface area (Å²) < 4.78 is 9.57. The highest BCUT2D eigenvalue weighted by Gasteiger charge is 2.51. The van der Waals surface area contributed by atoms with Crippen molar-refractivity contribution in [1.82, 2.24) is 8.75 Å². The first-order chi connectivity index (χ1) is 15.5. The van der Waals surface area contributed by atoms with Crippen molar-refractivity contribution in [2.24, 2.45) is 5.92 Å². The van der Waals surface area contributed by atoms with Crippen LogP contribution in [0.5, 0.6) is 0 Å². The maximum Gasteiger partial charge on any atom is 0.113 e. The van der Waals surface area contributed by atoms with Gasteiger partial charge in [0.25, 0.3) is 0 Å². The normalized spacial score (nSPS) is 22.0. The quantitative estimate of drug-likeness (QED) is 0.340. The Labute approximate surface area is 211 Å². The molecule has 2 aliphatic rings. The second-order valence-electron chi connectivity index (χ2n) is 11.7. The summed E-state index contributed by atoms with van der Waals surface area (Å²) in [6, 6.07) is 7.18. The first kappa shape index (κ1) is 23.6. The standard InChI is InChI=1S/C28H36N2S3/c1-9-13-27(5,6)17-12-11-16(22-23(17)30-33-29-22)20-14-18-24(31-20)25-19(28(18,7)8)15-21(32-25)26(3,4)10-2/h11-12,14-15,18,24H,9-10,13H2,1-8H3. The van der Waals surface area contributed by atoms with Gasteiger partial charge >= 0.3 is 0 Å². The lowest BCUT2D eigenvalue weighted by molar-refractivity contribution is 0.417. The molecule has 1 aliphatic carbocycles. The van der Waals surface area contributed by atoms with Gasteiger partial charge in [0.05, 0.1) is 17.0 Å². The maximum atomic E-state index is 4.80. The molecule has 2 aromatic heterocycles. The number of benzene rings is 1. The Hall–Kier alpha value is -1.17. The van der Waals surface area contributed by atoms with Crippen molar-refractivity contribution in [3.05, 3.63) is 50.7 Å². The monoisotopic (exact) mass is 496 g/mol. The lowest BCUT2D eigenvalue weighted by Gasteiger charge is -2.27. The van der Waals surface area contributed by atoms with E-state index in [-0.39, 0.29) is 16.2 Å². The first-order valence-corrected chi connectivity index (χ1v) is 14.7. The Morgan fingerprint density at radius 2 is 1.73 bits per heavy atom. The van der Waals surface area contributed by atoms with Gasteiger partial charge < -0.3 is 0 Å². The van der Waals surface area contributed by atoms with Crippen molar-refractivity contribution < 1.29 is 0 Å². The van der Waals surface area contributed by atoms with Crippen LogP contribution in [0.15, 0.2) is 24.3 Å². The molecule has 0 bridgehead atoms. The third-order valence-electron chi connectivity index (χ3n) is 8.29. The number of nitrogens with zero attached hydrogens (tertiary/aromatic N) is 2. The minimum absolute atomic E-state index is 0.116. The molecule has 0 fully saturated rings. The molecule has 0 amide bonds. The van der Waals surface area contributed by atoms with Crippen LogP contribution in [0, 0.1) is 5.92 Å². The Morgan fingerprint density at radius 3 is 2.42 bits per heavy atom. The van der Waals surface area contributed by atoms with Gasteiger partial charge in [-0.25, -0.2) is 0 Å². The number of fused-ring (bicyclic) bond motifs is 4. The molecule has 1 aliphatic heterocycles. The summed E-state index contributed by atoms with van der Waals surface area (Å²) in [6.07, 6.45) is 6.06. The van der Waals surface area contributed by atoms with Gasteiger partial charge in [-0.1, -0.05) is 80.0 Å². The Balaban J connectivity index is 1.54. The van der Waals surface area contributed by atoms with E-state index in [4.69, 9.17) is 8.75 Å². The second-order valence-corrected chi connectivity index (χ2v) is 14.5. The molecule has 3 heterocycles. The molecule has 2 atom stereocenters. The predicted molar refractivity (Wildman–Crippen MR) is 148 cm³/mol. The van der Waals surface area contributed by atoms with Gasteiger partial charge in [0.2, 0.25) is 0 Å². The van der Waals surface area contributed by atoms with E-state index in [0.717, 1.165) is 17.5 Å². The van der Waals surface area contributed by atoms with E-state index in [1.807, 2.05) is 0 Å². The summed E-state index contributed by atoms with van der Waals surface area (Å²) in [5.74, 6) is 0.537. The summed E-state index contributed by atoms with van der Waals surface area (Å²) in [5, 5.41) is 0.522. The summed E-state index contributed by atoms with van der Waals surface area (Å²) in [5.41, 5.74) is 6.93. The van der Waals surface area contributed by atoms with Gasteiger partial charge in [0.15, 0.2) is 0 Å². The lowest BCUT2D eigenvalue weighted by atomic mass is 9.77. The topological polar surface area (TPSA) is 25.8 Å². The number of hydrogen-bond donors (Lipinski definition) is 0. The van der Waals surface area contributed by atoms with Crippen LogP contribution in [0.1, 0.15) is 106 Å². The molecular formula is C28H36N2S3. The highest BCUT2D eigenvalue weighted by Crippen LogP contribution is 2.66. The highest BCUT2D eigenvalue weighted by atomic mass is 32.2. The molecule has 33 heavy (non-hydrogen) atoms. The van der Waals surface area contributed by atoms with Crippen molar-refractivity contribution in [3.63, 3.8) is 0 Å². The minimum atomic E-state index is 0.116. The number of thioether (sulfide) groups is 1. The summed E-state index contributed by atoms with van der Waals surface area (Å²) in [4.78, 5) is 4.54. The van der Waals surface area contributed by atoms with E-state index in [1.165, 1.54) is 40.6 Å². The Bertz CT molecular complexity index is 1240. The van der Waals surface area contributed by atoms with Gasteiger partial charge in [-0.15, -0.1) is 23.1 Å². The lowest BCUT2D eigenvalue weighted by Crippen LogP contribution is -2.23. The fraction of sp³-hybridized carbons (Fsp3) is 0.571. The van der Waals surface area contributed by atoms with Gasteiger partial charge in [0, 0.05) is 26.1 Å². The van der Waals surface area contributed by atoms with E-state index in [2.05, 4.69) is 103 Å². The fourth-order valence-electron chi connectivity index (χ4n) is 5.63. The van der Waals surface area contributed by atoms with Gasteiger partial charge in [-0.05, 0) is 46.3 Å². The average molecular weight is 497 g/mol. The number of thiophene rings is 1. The Kier molecular flexibility index (Phi) is 5.66. The maximum absolute atomic E-state index is 4.80. The predicted octanol–water partition coefficient (Wildman–Crippen LogP) is 9.25. The SMILES string of the molecule is CCCC(C)(C)c1ccc(C2=CC3C(S2)c2sc(C(C)(C)CC)cc2C3(C)C)c2nsnc12. The van der Waals surface area contributed by atoms with Crippen LogP contribution >= 0.6 is 34.8 Å². The Morgan fingerprint density at radius 1 is 1.00 bits per heavy atom. The van der Waals surface area contributed by atoms with Crippen LogP contribution in [0.2, 0.25) is 0 Å². The molecule has 5 heteroatoms. The van der Waals surface area contributed by atoms with Crippen LogP contribution < -0.4 is 0 Å². The summed E-state index contributed by atoms with van der Waals surface area (Å²) >= 11 is 5.49. The number of hydrogen-bond acceptors (Lipinski definition) is 5. The van der Waals surface area contributed by atoms with Crippen LogP contribution in [0.4, 0.5) is 0 Å². The number of rotatable bonds is 6. The van der Waals surface area contributed by atoms with Crippen LogP contribution in [-0.2, 0) is 16.2 Å². The van der Waals surface area contributed by atoms with E-state index in [9.17, 15) is 0 Å². The van der Waals surface area contributed by atoms with E-state index in [0.29, 0.717) is 11.2 Å². The van der Waals surface area contributed by atoms with Crippen molar-refractivity contribution in [1.29, 1.82) is 0 Å². The molecule has 0 saturated heterocycles. The van der Waals surface area contributed by atoms with Crippen molar-refractivity contribution in [2.45, 2.75) is 96.1 Å². The van der Waals surface area contributed by atoms with Crippen molar-refractivity contribution >= 4 is 50.8 Å². The fourth-order valence-corrected chi connectivity index (χ4v) is 9.62. The van der Waals surface area contributed by atoms with E-state index in [1.54, 1.807) is 15.3 Å². The highest BCUT2D eigenvalue weighted by molar-refractivity contribution is 8.09. The molecular weight excluding hydrogens is 461 g/mol. The van der Waals surface area contributed by atoms with Crippen molar-refractivity contribution in [3.8, 4) is 0 Å². The first-order valence-electron chi connectivity index (χ1n) is 12.3. The molecule has 0 radical (unpaired) electrons. The van der Waals surface area contributed by atoms with E-state index >= 15 is 0 Å². The van der Waals surface area contributed by atoms with Crippen LogP contribution in [0.3, 0.4) is 0 Å². The van der Waals surface area contributed by atoms with Gasteiger partial charge in [0.1, 0.15) is 11.0 Å². The second kappa shape index (κ2) is 7.93.